The zero-order chi connectivity index (χ0) is 29.1. The van der Waals surface area contributed by atoms with Crippen LogP contribution in [0.5, 0.6) is 0 Å². The zero-order valence-corrected chi connectivity index (χ0v) is 22.6. The average molecular weight is 571 g/mol. The van der Waals surface area contributed by atoms with E-state index in [0.29, 0.717) is 37.0 Å². The van der Waals surface area contributed by atoms with Crippen molar-refractivity contribution in [3.05, 3.63) is 143 Å². The van der Waals surface area contributed by atoms with Gasteiger partial charge in [-0.15, -0.1) is 0 Å². The van der Waals surface area contributed by atoms with Crippen molar-refractivity contribution >= 4 is 21.8 Å². The summed E-state index contributed by atoms with van der Waals surface area (Å²) in [6.45, 7) is 0.651. The molecule has 1 fully saturated rings. The van der Waals surface area contributed by atoms with Gasteiger partial charge in [0.1, 0.15) is 17.0 Å². The van der Waals surface area contributed by atoms with Gasteiger partial charge in [0, 0.05) is 47.3 Å². The summed E-state index contributed by atoms with van der Waals surface area (Å²) in [6, 6.07) is 27.0. The fourth-order valence-electron chi connectivity index (χ4n) is 6.63. The van der Waals surface area contributed by atoms with Gasteiger partial charge in [0.15, 0.2) is 0 Å². The molecule has 0 amide bonds. The molecule has 1 aliphatic rings. The van der Waals surface area contributed by atoms with Crippen LogP contribution >= 0.6 is 0 Å². The molecule has 1 saturated carbocycles. The molecule has 0 unspecified atom stereocenters. The van der Waals surface area contributed by atoms with Crippen molar-refractivity contribution in [2.45, 2.75) is 37.5 Å². The summed E-state index contributed by atoms with van der Waals surface area (Å²) in [5.41, 5.74) is 0.408. The summed E-state index contributed by atoms with van der Waals surface area (Å²) in [5, 5.41) is 0.436. The first kappa shape index (κ1) is 26.5. The smallest absolute Gasteiger partial charge is 0.343 e. The number of halogens is 5. The summed E-state index contributed by atoms with van der Waals surface area (Å²) in [4.78, 5) is 0. The van der Waals surface area contributed by atoms with E-state index in [1.165, 1.54) is 24.3 Å². The summed E-state index contributed by atoms with van der Waals surface area (Å²) in [5.74, 6) is -1.98. The molecular formula is C35H27F5N2. The highest BCUT2D eigenvalue weighted by molar-refractivity contribution is 5.91. The van der Waals surface area contributed by atoms with E-state index in [1.807, 2.05) is 60.7 Å². The monoisotopic (exact) mass is 570 g/mol. The van der Waals surface area contributed by atoms with Crippen LogP contribution in [0.3, 0.4) is 0 Å². The lowest BCUT2D eigenvalue weighted by Crippen LogP contribution is -2.45. The van der Waals surface area contributed by atoms with E-state index in [0.717, 1.165) is 11.1 Å². The standard InChI is InChI=1S/C35H27F5N2/c36-26-13-15-32-28(17-26)30(21-41(32)19-23-7-3-1-4-8-23)34(25-11-12-25,35(38,39)40)31-22-42(20-24-9-5-2-6-10-24)33-16-14-27(37)18-29(31)33/h1-10,13-18,21-22,25H,11-12,19-20H2. The Morgan fingerprint density at radius 2 is 1.02 bits per heavy atom. The lowest BCUT2D eigenvalue weighted by molar-refractivity contribution is -0.183. The highest BCUT2D eigenvalue weighted by atomic mass is 19.4. The van der Waals surface area contributed by atoms with Crippen LogP contribution in [-0.2, 0) is 18.5 Å². The molecule has 42 heavy (non-hydrogen) atoms. The van der Waals surface area contributed by atoms with Crippen LogP contribution in [0.15, 0.2) is 109 Å². The number of benzene rings is 4. The molecule has 0 radical (unpaired) electrons. The largest absolute Gasteiger partial charge is 0.402 e. The molecule has 0 spiro atoms. The summed E-state index contributed by atoms with van der Waals surface area (Å²) < 4.78 is 81.0. The quantitative estimate of drug-likeness (QED) is 0.169. The fraction of sp³-hybridized carbons (Fsp3) is 0.200. The molecule has 0 atom stereocenters. The lowest BCUT2D eigenvalue weighted by atomic mass is 9.69. The molecule has 0 saturated heterocycles. The summed E-state index contributed by atoms with van der Waals surface area (Å²) in [6.07, 6.45) is -0.933. The number of hydrogen-bond acceptors (Lipinski definition) is 0. The zero-order valence-electron chi connectivity index (χ0n) is 22.6. The first-order valence-electron chi connectivity index (χ1n) is 14.0. The lowest BCUT2D eigenvalue weighted by Gasteiger charge is -2.36. The van der Waals surface area contributed by atoms with Crippen LogP contribution in [0, 0.1) is 17.6 Å². The molecule has 2 aromatic heterocycles. The van der Waals surface area contributed by atoms with Gasteiger partial charge in [-0.2, -0.15) is 13.2 Å². The number of rotatable bonds is 7. The van der Waals surface area contributed by atoms with E-state index in [1.54, 1.807) is 33.7 Å². The van der Waals surface area contributed by atoms with Gasteiger partial charge in [0.2, 0.25) is 0 Å². The Morgan fingerprint density at radius 1 is 0.595 bits per heavy atom. The number of fused-ring (bicyclic) bond motifs is 2. The second kappa shape index (κ2) is 9.86. The Kier molecular flexibility index (Phi) is 6.22. The van der Waals surface area contributed by atoms with Gasteiger partial charge in [0.05, 0.1) is 0 Å². The van der Waals surface area contributed by atoms with Crippen molar-refractivity contribution in [2.24, 2.45) is 5.92 Å². The predicted molar refractivity (Wildman–Crippen MR) is 154 cm³/mol. The van der Waals surface area contributed by atoms with Crippen LogP contribution in [0.25, 0.3) is 21.8 Å². The Hall–Kier alpha value is -4.39. The molecule has 7 rings (SSSR count). The minimum Gasteiger partial charge on any atom is -0.343 e. The number of nitrogens with zero attached hydrogens (tertiary/aromatic N) is 2. The molecule has 0 bridgehead atoms. The molecule has 2 nitrogen and oxygen atoms in total. The van der Waals surface area contributed by atoms with Crippen molar-refractivity contribution in [2.75, 3.05) is 0 Å². The average Bonchev–Trinajstić information content (AvgIpc) is 3.68. The van der Waals surface area contributed by atoms with Gasteiger partial charge >= 0.3 is 6.18 Å². The Morgan fingerprint density at radius 3 is 1.40 bits per heavy atom. The van der Waals surface area contributed by atoms with Crippen LogP contribution in [0.1, 0.15) is 35.1 Å². The Labute approximate surface area is 239 Å². The van der Waals surface area contributed by atoms with Gasteiger partial charge < -0.3 is 9.13 Å². The third kappa shape index (κ3) is 4.30. The number of aromatic nitrogens is 2. The Balaban J connectivity index is 1.53. The first-order chi connectivity index (χ1) is 20.3. The Bertz CT molecular complexity index is 1770. The van der Waals surface area contributed by atoms with Gasteiger partial charge in [-0.05, 0) is 77.4 Å². The molecule has 7 heteroatoms. The van der Waals surface area contributed by atoms with E-state index in [-0.39, 0.29) is 21.9 Å². The molecule has 1 aliphatic carbocycles. The van der Waals surface area contributed by atoms with Gasteiger partial charge in [0.25, 0.3) is 0 Å². The minimum absolute atomic E-state index is 0.00551. The molecule has 212 valence electrons. The van der Waals surface area contributed by atoms with Crippen LogP contribution in [0.2, 0.25) is 0 Å². The highest BCUT2D eigenvalue weighted by Crippen LogP contribution is 2.62. The van der Waals surface area contributed by atoms with E-state index < -0.39 is 29.1 Å². The maximum atomic E-state index is 16.0. The van der Waals surface area contributed by atoms with Crippen molar-refractivity contribution in [1.82, 2.24) is 9.13 Å². The fourth-order valence-corrected chi connectivity index (χ4v) is 6.63. The van der Waals surface area contributed by atoms with Crippen molar-refractivity contribution < 1.29 is 22.0 Å². The molecule has 2 heterocycles. The SMILES string of the molecule is Fc1ccc2c(c1)c(C(c1cn(Cc3ccccc3)c3ccc(F)cc13)(C1CC1)C(F)(F)F)cn2Cc1ccccc1. The number of alkyl halides is 3. The van der Waals surface area contributed by atoms with Crippen molar-refractivity contribution in [1.29, 1.82) is 0 Å². The second-order valence-electron chi connectivity index (χ2n) is 11.2. The predicted octanol–water partition coefficient (Wildman–Crippen LogP) is 9.23. The highest BCUT2D eigenvalue weighted by Gasteiger charge is 2.66. The van der Waals surface area contributed by atoms with Gasteiger partial charge in [-0.25, -0.2) is 8.78 Å². The molecule has 0 aliphatic heterocycles. The van der Waals surface area contributed by atoms with Crippen LogP contribution in [-0.4, -0.2) is 15.3 Å². The van der Waals surface area contributed by atoms with E-state index in [4.69, 9.17) is 0 Å². The van der Waals surface area contributed by atoms with E-state index in [2.05, 4.69) is 0 Å². The van der Waals surface area contributed by atoms with E-state index in [9.17, 15) is 8.78 Å². The van der Waals surface area contributed by atoms with Crippen LogP contribution < -0.4 is 0 Å². The maximum absolute atomic E-state index is 16.0. The van der Waals surface area contributed by atoms with E-state index >= 15 is 13.2 Å². The first-order valence-corrected chi connectivity index (χ1v) is 14.0. The molecule has 0 N–H and O–H groups in total. The van der Waals surface area contributed by atoms with Gasteiger partial charge in [-0.3, -0.25) is 0 Å². The van der Waals surface area contributed by atoms with Crippen LogP contribution in [0.4, 0.5) is 22.0 Å². The molecular weight excluding hydrogens is 543 g/mol. The minimum atomic E-state index is -4.75. The maximum Gasteiger partial charge on any atom is 0.402 e. The molecule has 4 aromatic carbocycles. The normalized spacial score (nSPS) is 14.2. The number of hydrogen-bond donors (Lipinski definition) is 0. The summed E-state index contributed by atoms with van der Waals surface area (Å²) in [7, 11) is 0. The summed E-state index contributed by atoms with van der Waals surface area (Å²) >= 11 is 0. The van der Waals surface area contributed by atoms with Crippen molar-refractivity contribution in [3.63, 3.8) is 0 Å². The second-order valence-corrected chi connectivity index (χ2v) is 11.2. The van der Waals surface area contributed by atoms with Gasteiger partial charge in [-0.1, -0.05) is 60.7 Å². The molecule has 6 aromatic rings. The third-order valence-corrected chi connectivity index (χ3v) is 8.56. The topological polar surface area (TPSA) is 9.86 Å². The third-order valence-electron chi connectivity index (χ3n) is 8.56. The van der Waals surface area contributed by atoms with Crippen molar-refractivity contribution in [3.8, 4) is 0 Å².